The van der Waals surface area contributed by atoms with Crippen LogP contribution in [0.25, 0.3) is 0 Å². The third-order valence-electron chi connectivity index (χ3n) is 3.72. The summed E-state index contributed by atoms with van der Waals surface area (Å²) in [6.45, 7) is 5.71. The van der Waals surface area contributed by atoms with Crippen molar-refractivity contribution < 1.29 is 14.8 Å². The highest BCUT2D eigenvalue weighted by atomic mass is 32.2. The first kappa shape index (κ1) is 18.9. The standard InChI is InChI=1S/C17H22N4O3S/c1-3-5-11-21(4-2)15(20-24)14-8-6-7-12(25-14)9-10-13-16(22)19-17(23)18-13/h7-8,13,24H,3-6,11H2,1-2H3,(H2,18,19,22,23)/b20-15+. The number of hydrogen-bond donors (Lipinski definition) is 3. The van der Waals surface area contributed by atoms with Crippen LogP contribution in [-0.2, 0) is 4.79 Å². The molecule has 0 spiro atoms. The lowest BCUT2D eigenvalue weighted by Gasteiger charge is -2.25. The van der Waals surface area contributed by atoms with E-state index in [9.17, 15) is 14.8 Å². The lowest BCUT2D eigenvalue weighted by atomic mass is 10.2. The normalized spacial score (nSPS) is 20.1. The van der Waals surface area contributed by atoms with E-state index in [1.807, 2.05) is 24.0 Å². The van der Waals surface area contributed by atoms with Gasteiger partial charge in [0.05, 0.1) is 9.81 Å². The second-order valence-electron chi connectivity index (χ2n) is 5.50. The van der Waals surface area contributed by atoms with Gasteiger partial charge in [-0.15, -0.1) is 0 Å². The highest BCUT2D eigenvalue weighted by Crippen LogP contribution is 2.32. The monoisotopic (exact) mass is 362 g/mol. The minimum absolute atomic E-state index is 0.441. The van der Waals surface area contributed by atoms with Gasteiger partial charge in [0.1, 0.15) is 0 Å². The Morgan fingerprint density at radius 3 is 2.84 bits per heavy atom. The number of carbonyl (C=O) groups excluding carboxylic acids is 2. The maximum absolute atomic E-state index is 11.5. The number of nitrogens with one attached hydrogen (secondary N) is 2. The number of allylic oxidation sites excluding steroid dienone is 3. The molecule has 0 saturated carbocycles. The van der Waals surface area contributed by atoms with Crippen LogP contribution in [0.1, 0.15) is 33.1 Å². The number of oxime groups is 1. The smallest absolute Gasteiger partial charge is 0.322 e. The molecule has 1 fully saturated rings. The summed E-state index contributed by atoms with van der Waals surface area (Å²) < 4.78 is 0. The third kappa shape index (κ3) is 5.03. The van der Waals surface area contributed by atoms with E-state index in [0.29, 0.717) is 12.3 Å². The maximum Gasteiger partial charge on any atom is 0.322 e. The van der Waals surface area contributed by atoms with Crippen LogP contribution in [0.4, 0.5) is 4.79 Å². The topological polar surface area (TPSA) is 94.0 Å². The zero-order valence-corrected chi connectivity index (χ0v) is 15.2. The predicted octanol–water partition coefficient (Wildman–Crippen LogP) is 2.01. The average Bonchev–Trinajstić information content (AvgIpc) is 2.94. The van der Waals surface area contributed by atoms with Gasteiger partial charge in [-0.05, 0) is 19.8 Å². The van der Waals surface area contributed by atoms with Crippen molar-refractivity contribution in [3.8, 4) is 11.8 Å². The molecule has 0 aromatic heterocycles. The second-order valence-corrected chi connectivity index (χ2v) is 6.58. The zero-order valence-electron chi connectivity index (χ0n) is 14.3. The van der Waals surface area contributed by atoms with E-state index in [1.54, 1.807) is 0 Å². The number of amidine groups is 1. The van der Waals surface area contributed by atoms with Crippen molar-refractivity contribution >= 4 is 29.5 Å². The van der Waals surface area contributed by atoms with E-state index in [2.05, 4.69) is 34.6 Å². The molecule has 2 heterocycles. The van der Waals surface area contributed by atoms with Gasteiger partial charge in [-0.25, -0.2) is 4.79 Å². The van der Waals surface area contributed by atoms with E-state index in [0.717, 1.165) is 35.7 Å². The van der Waals surface area contributed by atoms with Gasteiger partial charge in [0.25, 0.3) is 5.91 Å². The Balaban J connectivity index is 2.05. The SMILES string of the molecule is CCCCN(CC)/C(=N/O)C1=CCC=C(C#CC2NC(=O)NC2=O)S1. The van der Waals surface area contributed by atoms with E-state index >= 15 is 0 Å². The molecule has 3 amide bonds. The first-order valence-corrected chi connectivity index (χ1v) is 9.09. The number of likely N-dealkylation sites (N-methyl/N-ethyl adjacent to an activating group) is 1. The number of amides is 3. The number of hydrogen-bond acceptors (Lipinski definition) is 5. The molecule has 8 heteroatoms. The Hall–Kier alpha value is -2.40. The minimum atomic E-state index is -0.828. The van der Waals surface area contributed by atoms with Gasteiger partial charge in [0.2, 0.25) is 0 Å². The quantitative estimate of drug-likeness (QED) is 0.174. The molecule has 0 bridgehead atoms. The van der Waals surface area contributed by atoms with Gasteiger partial charge in [-0.1, -0.05) is 54.3 Å². The molecule has 1 atom stereocenters. The molecular weight excluding hydrogens is 340 g/mol. The fraction of sp³-hybridized carbons (Fsp3) is 0.471. The minimum Gasteiger partial charge on any atom is -0.409 e. The molecular formula is C17H22N4O3S. The van der Waals surface area contributed by atoms with Crippen LogP contribution < -0.4 is 10.6 Å². The average molecular weight is 362 g/mol. The fourth-order valence-electron chi connectivity index (χ4n) is 2.38. The zero-order chi connectivity index (χ0) is 18.2. The molecule has 2 rings (SSSR count). The highest BCUT2D eigenvalue weighted by molar-refractivity contribution is 8.07. The van der Waals surface area contributed by atoms with Gasteiger partial charge >= 0.3 is 6.03 Å². The predicted molar refractivity (Wildman–Crippen MR) is 98.0 cm³/mol. The summed E-state index contributed by atoms with van der Waals surface area (Å²) in [7, 11) is 0. The van der Waals surface area contributed by atoms with Crippen LogP contribution in [0.2, 0.25) is 0 Å². The number of carbonyl (C=O) groups is 2. The van der Waals surface area contributed by atoms with Crippen molar-refractivity contribution in [3.05, 3.63) is 22.0 Å². The molecule has 3 N–H and O–H groups in total. The molecule has 0 aliphatic carbocycles. The molecule has 25 heavy (non-hydrogen) atoms. The van der Waals surface area contributed by atoms with Gasteiger partial charge < -0.3 is 15.4 Å². The summed E-state index contributed by atoms with van der Waals surface area (Å²) in [5, 5.41) is 17.5. The van der Waals surface area contributed by atoms with Crippen molar-refractivity contribution in [2.24, 2.45) is 5.16 Å². The molecule has 0 aromatic carbocycles. The lowest BCUT2D eigenvalue weighted by Crippen LogP contribution is -2.32. The summed E-state index contributed by atoms with van der Waals surface area (Å²) in [5.74, 6) is 5.79. The lowest BCUT2D eigenvalue weighted by molar-refractivity contribution is -0.119. The Bertz CT molecular complexity index is 688. The van der Waals surface area contributed by atoms with Gasteiger partial charge in [-0.3, -0.25) is 10.1 Å². The van der Waals surface area contributed by atoms with Crippen LogP contribution in [0, 0.1) is 11.8 Å². The summed E-state index contributed by atoms with van der Waals surface area (Å²) in [4.78, 5) is 26.2. The van der Waals surface area contributed by atoms with Gasteiger partial charge in [0.15, 0.2) is 11.9 Å². The summed E-state index contributed by atoms with van der Waals surface area (Å²) in [5.41, 5.74) is 0. The number of urea groups is 1. The molecule has 0 radical (unpaired) electrons. The summed E-state index contributed by atoms with van der Waals surface area (Å²) in [6, 6.07) is -1.36. The Morgan fingerprint density at radius 1 is 1.44 bits per heavy atom. The number of rotatable bonds is 5. The third-order valence-corrected chi connectivity index (χ3v) is 4.78. The van der Waals surface area contributed by atoms with E-state index in [4.69, 9.17) is 0 Å². The highest BCUT2D eigenvalue weighted by Gasteiger charge is 2.27. The van der Waals surface area contributed by atoms with E-state index in [1.165, 1.54) is 11.8 Å². The van der Waals surface area contributed by atoms with Crippen LogP contribution in [0.3, 0.4) is 0 Å². The first-order valence-electron chi connectivity index (χ1n) is 8.27. The number of unbranched alkanes of at least 4 members (excludes halogenated alkanes) is 1. The van der Waals surface area contributed by atoms with Crippen molar-refractivity contribution in [3.63, 3.8) is 0 Å². The van der Waals surface area contributed by atoms with Crippen molar-refractivity contribution in [2.75, 3.05) is 13.1 Å². The van der Waals surface area contributed by atoms with Gasteiger partial charge in [-0.2, -0.15) is 0 Å². The largest absolute Gasteiger partial charge is 0.409 e. The van der Waals surface area contributed by atoms with Crippen molar-refractivity contribution in [1.82, 2.24) is 15.5 Å². The Morgan fingerprint density at radius 2 is 2.24 bits per heavy atom. The number of imide groups is 1. The summed E-state index contributed by atoms with van der Waals surface area (Å²) >= 11 is 1.40. The summed E-state index contributed by atoms with van der Waals surface area (Å²) in [6.07, 6.45) is 6.67. The maximum atomic E-state index is 11.5. The molecule has 134 valence electrons. The Labute approximate surface area is 151 Å². The fourth-order valence-corrected chi connectivity index (χ4v) is 3.35. The van der Waals surface area contributed by atoms with E-state index < -0.39 is 18.0 Å². The first-order chi connectivity index (χ1) is 12.1. The number of nitrogens with zero attached hydrogens (tertiary/aromatic N) is 2. The van der Waals surface area contributed by atoms with Gasteiger partial charge in [0, 0.05) is 13.1 Å². The van der Waals surface area contributed by atoms with Crippen LogP contribution in [-0.4, -0.2) is 47.0 Å². The van der Waals surface area contributed by atoms with Crippen LogP contribution in [0.15, 0.2) is 27.1 Å². The van der Waals surface area contributed by atoms with Crippen molar-refractivity contribution in [1.29, 1.82) is 0 Å². The van der Waals surface area contributed by atoms with Crippen molar-refractivity contribution in [2.45, 2.75) is 39.2 Å². The number of thioether (sulfide) groups is 1. The molecule has 1 saturated heterocycles. The molecule has 2 aliphatic rings. The van der Waals surface area contributed by atoms with E-state index in [-0.39, 0.29) is 0 Å². The second kappa shape index (κ2) is 9.18. The molecule has 0 aromatic rings. The molecule has 2 aliphatic heterocycles. The van der Waals surface area contributed by atoms with Crippen LogP contribution >= 0.6 is 11.8 Å². The Kier molecular flexibility index (Phi) is 6.95. The molecule has 1 unspecified atom stereocenters. The molecule has 7 nitrogen and oxygen atoms in total. The van der Waals surface area contributed by atoms with Crippen LogP contribution in [0.5, 0.6) is 0 Å².